The van der Waals surface area contributed by atoms with E-state index < -0.39 is 0 Å². The van der Waals surface area contributed by atoms with Crippen LogP contribution in [0.15, 0.2) is 0 Å². The van der Waals surface area contributed by atoms with Gasteiger partial charge in [-0.1, -0.05) is 40.0 Å². The summed E-state index contributed by atoms with van der Waals surface area (Å²) in [7, 11) is 0. The van der Waals surface area contributed by atoms with Gasteiger partial charge in [0, 0.05) is 51.7 Å². The molecule has 6 nitrogen and oxygen atoms in total. The van der Waals surface area contributed by atoms with E-state index in [1.807, 2.05) is 0 Å². The van der Waals surface area contributed by atoms with Gasteiger partial charge in [-0.3, -0.25) is 14.6 Å². The van der Waals surface area contributed by atoms with E-state index in [1.165, 1.54) is 12.8 Å². The Morgan fingerprint density at radius 3 is 2.10 bits per heavy atom. The number of carbonyl (C=O) groups excluding carboxylic acids is 2. The van der Waals surface area contributed by atoms with Crippen LogP contribution in [0.5, 0.6) is 0 Å². The third-order valence-corrected chi connectivity index (χ3v) is 6.79. The molecule has 0 spiro atoms. The van der Waals surface area contributed by atoms with Gasteiger partial charge < -0.3 is 14.6 Å². The van der Waals surface area contributed by atoms with Crippen molar-refractivity contribution >= 4 is 12.1 Å². The largest absolute Gasteiger partial charge is 0.302 e. The average molecular weight is 423 g/mol. The number of fused-ring (bicyclic) bond motifs is 3. The number of carbonyl (C=O) groups is 2. The third-order valence-electron chi connectivity index (χ3n) is 6.79. The topological polar surface area (TPSA) is 47.1 Å². The second kappa shape index (κ2) is 14.3. The van der Waals surface area contributed by atoms with Gasteiger partial charge in [0.2, 0.25) is 0 Å². The number of Topliss-reactive ketones (excluding diaryl/α,β-unsaturated/α-hetero) is 1. The Kier molecular flexibility index (Phi) is 12.1. The molecule has 2 bridgehead atoms. The van der Waals surface area contributed by atoms with E-state index in [9.17, 15) is 9.59 Å². The van der Waals surface area contributed by atoms with Gasteiger partial charge in [0.25, 0.3) is 0 Å². The molecule has 0 saturated carbocycles. The number of hydrogen-bond acceptors (Lipinski definition) is 6. The molecular weight excluding hydrogens is 376 g/mol. The molecule has 6 heteroatoms. The highest BCUT2D eigenvalue weighted by atomic mass is 16.1. The normalized spacial score (nSPS) is 26.4. The van der Waals surface area contributed by atoms with Crippen LogP contribution in [0.2, 0.25) is 0 Å². The zero-order chi connectivity index (χ0) is 21.8. The number of unbranched alkanes of at least 4 members (excludes halogenated alkanes) is 2. The number of hydrogen-bond donors (Lipinski definition) is 0. The summed E-state index contributed by atoms with van der Waals surface area (Å²) >= 11 is 0. The van der Waals surface area contributed by atoms with Crippen LogP contribution in [0.1, 0.15) is 59.3 Å². The summed E-state index contributed by atoms with van der Waals surface area (Å²) in [6.07, 6.45) is 7.84. The molecular formula is C24H46N4O2. The van der Waals surface area contributed by atoms with Gasteiger partial charge in [0.15, 0.2) is 5.78 Å². The Morgan fingerprint density at radius 2 is 1.47 bits per heavy atom. The highest BCUT2D eigenvalue weighted by Gasteiger charge is 2.28. The Morgan fingerprint density at radius 1 is 0.833 bits per heavy atom. The minimum Gasteiger partial charge on any atom is -0.302 e. The van der Waals surface area contributed by atoms with Crippen molar-refractivity contribution in [3.63, 3.8) is 0 Å². The number of aldehydes is 1. The second-order valence-electron chi connectivity index (χ2n) is 9.46. The molecule has 3 unspecified atom stereocenters. The molecule has 0 aromatic carbocycles. The molecule has 174 valence electrons. The van der Waals surface area contributed by atoms with Crippen molar-refractivity contribution in [1.82, 2.24) is 19.6 Å². The summed E-state index contributed by atoms with van der Waals surface area (Å²) < 4.78 is 0. The monoisotopic (exact) mass is 422 g/mol. The van der Waals surface area contributed by atoms with E-state index in [-0.39, 0.29) is 12.0 Å². The van der Waals surface area contributed by atoms with E-state index in [4.69, 9.17) is 0 Å². The van der Waals surface area contributed by atoms with Gasteiger partial charge in [-0.25, -0.2) is 0 Å². The van der Waals surface area contributed by atoms with Gasteiger partial charge in [-0.05, 0) is 38.9 Å². The molecule has 2 aliphatic rings. The fourth-order valence-electron chi connectivity index (χ4n) is 4.82. The van der Waals surface area contributed by atoms with E-state index in [0.717, 1.165) is 97.4 Å². The van der Waals surface area contributed by atoms with Crippen LogP contribution < -0.4 is 0 Å². The molecule has 0 radical (unpaired) electrons. The van der Waals surface area contributed by atoms with E-state index in [0.29, 0.717) is 12.3 Å². The molecule has 2 heterocycles. The number of nitrogens with zero attached hydrogens (tertiary/aromatic N) is 4. The molecule has 30 heavy (non-hydrogen) atoms. The van der Waals surface area contributed by atoms with Crippen LogP contribution in [0.3, 0.4) is 0 Å². The first-order valence-electron chi connectivity index (χ1n) is 12.4. The lowest BCUT2D eigenvalue weighted by Crippen LogP contribution is -2.50. The highest BCUT2D eigenvalue weighted by molar-refractivity contribution is 5.85. The molecule has 0 aliphatic carbocycles. The number of rotatable bonds is 9. The molecule has 0 aromatic rings. The van der Waals surface area contributed by atoms with E-state index in [2.05, 4.69) is 40.4 Å². The maximum Gasteiger partial charge on any atom is 0.152 e. The van der Waals surface area contributed by atoms with Crippen molar-refractivity contribution in [1.29, 1.82) is 0 Å². The smallest absolute Gasteiger partial charge is 0.152 e. The first-order valence-corrected chi connectivity index (χ1v) is 12.4. The lowest BCUT2D eigenvalue weighted by Gasteiger charge is -2.38. The molecule has 3 atom stereocenters. The van der Waals surface area contributed by atoms with Crippen molar-refractivity contribution < 1.29 is 9.59 Å². The average Bonchev–Trinajstić information content (AvgIpc) is 2.74. The van der Waals surface area contributed by atoms with Crippen LogP contribution in [-0.2, 0) is 9.59 Å². The van der Waals surface area contributed by atoms with Gasteiger partial charge in [0.05, 0.1) is 12.6 Å². The fraction of sp³-hybridized carbons (Fsp3) is 0.917. The van der Waals surface area contributed by atoms with Crippen molar-refractivity contribution in [3.05, 3.63) is 0 Å². The SMILES string of the molecule is CCCCCC(C(=O)C(C)C)N1CCCN2CCN(CC=O)CCCN(CC2)CC1. The van der Waals surface area contributed by atoms with Gasteiger partial charge >= 0.3 is 0 Å². The highest BCUT2D eigenvalue weighted by Crippen LogP contribution is 2.17. The summed E-state index contributed by atoms with van der Waals surface area (Å²) in [5, 5.41) is 0. The maximum absolute atomic E-state index is 13.1. The number of ketones is 1. The second-order valence-corrected chi connectivity index (χ2v) is 9.46. The van der Waals surface area contributed by atoms with Gasteiger partial charge in [0.1, 0.15) is 6.29 Å². The predicted molar refractivity (Wildman–Crippen MR) is 124 cm³/mol. The van der Waals surface area contributed by atoms with E-state index >= 15 is 0 Å². The fourth-order valence-corrected chi connectivity index (χ4v) is 4.82. The van der Waals surface area contributed by atoms with Crippen molar-refractivity contribution in [2.45, 2.75) is 65.3 Å². The predicted octanol–water partition coefficient (Wildman–Crippen LogP) is 2.37. The zero-order valence-corrected chi connectivity index (χ0v) is 19.9. The summed E-state index contributed by atoms with van der Waals surface area (Å²) in [5.41, 5.74) is 0. The zero-order valence-electron chi connectivity index (χ0n) is 19.9. The summed E-state index contributed by atoms with van der Waals surface area (Å²) in [6, 6.07) is 0.0854. The van der Waals surface area contributed by atoms with Crippen molar-refractivity contribution in [2.75, 3.05) is 72.0 Å². The van der Waals surface area contributed by atoms with Gasteiger partial charge in [-0.2, -0.15) is 0 Å². The standard InChI is InChI=1S/C24H46N4O2/c1-4-5-6-9-23(24(30)22(2)3)28-13-8-12-25-14-15-26(18-19-28)10-7-11-27(17-16-25)20-21-29/h21-23H,4-20H2,1-3H3. The molecule has 0 aromatic heterocycles. The van der Waals surface area contributed by atoms with Crippen LogP contribution in [0, 0.1) is 5.92 Å². The van der Waals surface area contributed by atoms with Crippen LogP contribution in [-0.4, -0.2) is 110 Å². The van der Waals surface area contributed by atoms with E-state index in [1.54, 1.807) is 0 Å². The Balaban J connectivity index is 2.07. The first kappa shape index (κ1) is 25.4. The first-order chi connectivity index (χ1) is 14.5. The Hall–Kier alpha value is -0.820. The summed E-state index contributed by atoms with van der Waals surface area (Å²) in [6.45, 7) is 17.3. The molecule has 2 rings (SSSR count). The molecule has 0 amide bonds. The lowest BCUT2D eigenvalue weighted by atomic mass is 9.95. The van der Waals surface area contributed by atoms with Crippen LogP contribution >= 0.6 is 0 Å². The van der Waals surface area contributed by atoms with Crippen molar-refractivity contribution in [2.24, 2.45) is 5.92 Å². The summed E-state index contributed by atoms with van der Waals surface area (Å²) in [4.78, 5) is 34.0. The van der Waals surface area contributed by atoms with Crippen LogP contribution in [0.4, 0.5) is 0 Å². The van der Waals surface area contributed by atoms with Gasteiger partial charge in [-0.15, -0.1) is 0 Å². The summed E-state index contributed by atoms with van der Waals surface area (Å²) in [5.74, 6) is 0.534. The lowest BCUT2D eigenvalue weighted by molar-refractivity contribution is -0.127. The van der Waals surface area contributed by atoms with Crippen molar-refractivity contribution in [3.8, 4) is 0 Å². The Labute approximate surface area is 184 Å². The third kappa shape index (κ3) is 8.74. The molecule has 2 aliphatic heterocycles. The maximum atomic E-state index is 13.1. The van der Waals surface area contributed by atoms with Crippen LogP contribution in [0.25, 0.3) is 0 Å². The quantitative estimate of drug-likeness (QED) is 0.420. The molecule has 2 fully saturated rings. The minimum absolute atomic E-state index is 0.0854. The molecule has 2 saturated heterocycles. The minimum atomic E-state index is 0.0854. The Bertz CT molecular complexity index is 500. The molecule has 0 N–H and O–H groups in total.